The van der Waals surface area contributed by atoms with Crippen LogP contribution in [0.3, 0.4) is 0 Å². The van der Waals surface area contributed by atoms with Crippen LogP contribution in [0.1, 0.15) is 35.2 Å². The molecule has 0 unspecified atom stereocenters. The van der Waals surface area contributed by atoms with Gasteiger partial charge in [-0.2, -0.15) is 4.57 Å². The number of hydrogen-bond donors (Lipinski definition) is 1. The molecule has 0 saturated carbocycles. The van der Waals surface area contributed by atoms with E-state index < -0.39 is 0 Å². The van der Waals surface area contributed by atoms with E-state index in [1.165, 1.54) is 23.2 Å². The van der Waals surface area contributed by atoms with Gasteiger partial charge in [0.05, 0.1) is 5.92 Å². The molecule has 1 aromatic carbocycles. The summed E-state index contributed by atoms with van der Waals surface area (Å²) < 4.78 is 2.49. The molecule has 0 spiro atoms. The van der Waals surface area contributed by atoms with Crippen molar-refractivity contribution < 1.29 is 21.5 Å². The van der Waals surface area contributed by atoms with Crippen LogP contribution in [0.4, 0.5) is 5.69 Å². The summed E-state index contributed by atoms with van der Waals surface area (Å²) in [6.45, 7) is 0. The van der Waals surface area contributed by atoms with Crippen molar-refractivity contribution in [3.05, 3.63) is 71.6 Å². The van der Waals surface area contributed by atoms with Crippen LogP contribution in [0, 0.1) is 11.8 Å². The first-order valence-corrected chi connectivity index (χ1v) is 7.40. The highest BCUT2D eigenvalue weighted by Crippen LogP contribution is 2.55. The molecular weight excluding hydrogens is 324 g/mol. The minimum atomic E-state index is 0. The van der Waals surface area contributed by atoms with Crippen LogP contribution in [-0.4, -0.2) is 0 Å². The summed E-state index contributed by atoms with van der Waals surface area (Å²) in [6, 6.07) is 13.6. The first kappa shape index (κ1) is 13.1. The van der Waals surface area contributed by atoms with Gasteiger partial charge in [0.15, 0.2) is 17.9 Å². The standard InChI is InChI=1S/C18H17N2.BrH/c19-11-7-8-14-15(10-11)17-12-4-3-5-13(12)18(14)20-9-2-1-6-16(17)20;/h1-3,5-10,12-13,17-18H,4,19H2;1H/q+1;/p-1/t12-,13+,17+,18-;/m1./s1. The lowest BCUT2D eigenvalue weighted by molar-refractivity contribution is -0.737. The highest BCUT2D eigenvalue weighted by atomic mass is 79.9. The van der Waals surface area contributed by atoms with Gasteiger partial charge in [0.2, 0.25) is 0 Å². The number of rotatable bonds is 0. The smallest absolute Gasteiger partial charge is 0.190 e. The zero-order valence-corrected chi connectivity index (χ0v) is 13.2. The van der Waals surface area contributed by atoms with E-state index in [1.54, 1.807) is 0 Å². The Bertz CT molecular complexity index is 753. The number of anilines is 1. The molecule has 106 valence electrons. The number of nitrogens with two attached hydrogens (primary N) is 1. The van der Waals surface area contributed by atoms with Crippen molar-refractivity contribution in [1.82, 2.24) is 0 Å². The number of pyridine rings is 1. The summed E-state index contributed by atoms with van der Waals surface area (Å²) in [5, 5.41) is 0. The van der Waals surface area contributed by atoms with Gasteiger partial charge in [-0.1, -0.05) is 24.3 Å². The molecule has 2 aliphatic carbocycles. The van der Waals surface area contributed by atoms with Crippen molar-refractivity contribution in [3.8, 4) is 0 Å². The third-order valence-corrected chi connectivity index (χ3v) is 5.36. The average molecular weight is 341 g/mol. The fourth-order valence-electron chi connectivity index (χ4n) is 4.66. The Labute approximate surface area is 135 Å². The molecule has 21 heavy (non-hydrogen) atoms. The van der Waals surface area contributed by atoms with Gasteiger partial charge < -0.3 is 22.7 Å². The van der Waals surface area contributed by atoms with Crippen LogP contribution in [0.25, 0.3) is 0 Å². The third-order valence-electron chi connectivity index (χ3n) is 5.36. The van der Waals surface area contributed by atoms with E-state index in [4.69, 9.17) is 5.73 Å². The van der Waals surface area contributed by atoms with E-state index in [2.05, 4.69) is 59.3 Å². The Balaban J connectivity index is 0.00000115. The van der Waals surface area contributed by atoms with E-state index in [9.17, 15) is 0 Å². The predicted octanol–water partition coefficient (Wildman–Crippen LogP) is -0.199. The maximum Gasteiger partial charge on any atom is 0.190 e. The van der Waals surface area contributed by atoms with Crippen molar-refractivity contribution in [2.75, 3.05) is 5.73 Å². The van der Waals surface area contributed by atoms with Crippen LogP contribution < -0.4 is 27.3 Å². The van der Waals surface area contributed by atoms with Gasteiger partial charge in [-0.25, -0.2) is 0 Å². The molecule has 3 heteroatoms. The molecule has 2 aromatic rings. The van der Waals surface area contributed by atoms with Crippen molar-refractivity contribution in [2.24, 2.45) is 11.8 Å². The highest BCUT2D eigenvalue weighted by molar-refractivity contribution is 5.52. The normalized spacial score (nSPS) is 30.3. The lowest BCUT2D eigenvalue weighted by Crippen LogP contribution is -3.00. The molecule has 2 aliphatic heterocycles. The molecule has 0 saturated heterocycles. The first-order valence-electron chi connectivity index (χ1n) is 7.40. The summed E-state index contributed by atoms with van der Waals surface area (Å²) in [4.78, 5) is 0. The molecule has 4 aliphatic rings. The van der Waals surface area contributed by atoms with Crippen molar-refractivity contribution >= 4 is 5.69 Å². The fourth-order valence-corrected chi connectivity index (χ4v) is 4.66. The summed E-state index contributed by atoms with van der Waals surface area (Å²) in [7, 11) is 0. The van der Waals surface area contributed by atoms with Gasteiger partial charge in [0, 0.05) is 29.3 Å². The van der Waals surface area contributed by atoms with E-state index in [-0.39, 0.29) is 17.0 Å². The molecule has 6 rings (SSSR count). The number of halogens is 1. The average Bonchev–Trinajstić information content (AvgIpc) is 2.96. The maximum absolute atomic E-state index is 6.05. The van der Waals surface area contributed by atoms with Gasteiger partial charge in [-0.15, -0.1) is 0 Å². The lowest BCUT2D eigenvalue weighted by Gasteiger charge is -2.43. The zero-order chi connectivity index (χ0) is 13.3. The minimum absolute atomic E-state index is 0. The molecule has 3 heterocycles. The van der Waals surface area contributed by atoms with Crippen molar-refractivity contribution in [2.45, 2.75) is 18.4 Å². The van der Waals surface area contributed by atoms with Gasteiger partial charge in [0.25, 0.3) is 0 Å². The molecular formula is C18H17BrN2. The molecule has 0 radical (unpaired) electrons. The molecule has 2 N–H and O–H groups in total. The molecule has 2 bridgehead atoms. The Hall–Kier alpha value is -1.61. The lowest BCUT2D eigenvalue weighted by atomic mass is 9.63. The first-order chi connectivity index (χ1) is 9.84. The Morgan fingerprint density at radius 1 is 1.10 bits per heavy atom. The van der Waals surface area contributed by atoms with E-state index in [0.717, 1.165) is 11.6 Å². The SMILES string of the molecule is Nc1ccc2c(c1)[C@H]1c3cccc[n+]3[C@@H]2[C@H]2C=CC[C@@H]12.[Br-]. The monoisotopic (exact) mass is 340 g/mol. The summed E-state index contributed by atoms with van der Waals surface area (Å²) in [6.07, 6.45) is 8.26. The fraction of sp³-hybridized carbons (Fsp3) is 0.278. The second kappa shape index (κ2) is 4.44. The third kappa shape index (κ3) is 1.55. The Morgan fingerprint density at radius 2 is 2.00 bits per heavy atom. The minimum Gasteiger partial charge on any atom is -1.00 e. The summed E-state index contributed by atoms with van der Waals surface area (Å²) >= 11 is 0. The largest absolute Gasteiger partial charge is 1.00 e. The van der Waals surface area contributed by atoms with E-state index >= 15 is 0 Å². The topological polar surface area (TPSA) is 29.9 Å². The second-order valence-electron chi connectivity index (χ2n) is 6.25. The van der Waals surface area contributed by atoms with Gasteiger partial charge in [-0.05, 0) is 30.0 Å². The quantitative estimate of drug-likeness (QED) is 0.402. The number of hydrogen-bond acceptors (Lipinski definition) is 1. The maximum atomic E-state index is 6.05. The van der Waals surface area contributed by atoms with E-state index in [0.29, 0.717) is 17.9 Å². The van der Waals surface area contributed by atoms with Crippen LogP contribution >= 0.6 is 0 Å². The van der Waals surface area contributed by atoms with Crippen LogP contribution in [0.15, 0.2) is 54.7 Å². The Kier molecular flexibility index (Phi) is 2.77. The summed E-state index contributed by atoms with van der Waals surface area (Å²) in [5.41, 5.74) is 11.3. The van der Waals surface area contributed by atoms with Crippen LogP contribution in [0.5, 0.6) is 0 Å². The van der Waals surface area contributed by atoms with Crippen LogP contribution in [-0.2, 0) is 0 Å². The Morgan fingerprint density at radius 3 is 2.90 bits per heavy atom. The van der Waals surface area contributed by atoms with Gasteiger partial charge in [0.1, 0.15) is 0 Å². The number of aromatic nitrogens is 1. The molecule has 0 amide bonds. The molecule has 2 nitrogen and oxygen atoms in total. The highest BCUT2D eigenvalue weighted by Gasteiger charge is 2.55. The van der Waals surface area contributed by atoms with Crippen LogP contribution in [0.2, 0.25) is 0 Å². The number of nitrogen functional groups attached to an aromatic ring is 1. The van der Waals surface area contributed by atoms with Crippen molar-refractivity contribution in [1.29, 1.82) is 0 Å². The number of allylic oxidation sites excluding steroid dienone is 2. The van der Waals surface area contributed by atoms with Crippen molar-refractivity contribution in [3.63, 3.8) is 0 Å². The molecule has 1 aromatic heterocycles. The van der Waals surface area contributed by atoms with Gasteiger partial charge >= 0.3 is 0 Å². The zero-order valence-electron chi connectivity index (χ0n) is 11.6. The predicted molar refractivity (Wildman–Crippen MR) is 78.2 cm³/mol. The van der Waals surface area contributed by atoms with Gasteiger partial charge in [-0.3, -0.25) is 0 Å². The molecule has 4 atom stereocenters. The molecule has 0 fully saturated rings. The van der Waals surface area contributed by atoms with E-state index in [1.807, 2.05) is 0 Å². The number of nitrogens with zero attached hydrogens (tertiary/aromatic N) is 1. The number of benzene rings is 1. The second-order valence-corrected chi connectivity index (χ2v) is 6.25. The summed E-state index contributed by atoms with van der Waals surface area (Å²) in [5.74, 6) is 1.87.